The van der Waals surface area contributed by atoms with Crippen molar-refractivity contribution in [1.29, 1.82) is 0 Å². The van der Waals surface area contributed by atoms with Gasteiger partial charge in [0.25, 0.3) is 5.56 Å². The second-order valence-corrected chi connectivity index (χ2v) is 7.03. The van der Waals surface area contributed by atoms with Crippen molar-refractivity contribution in [2.75, 3.05) is 7.11 Å². The number of hydrogen-bond acceptors (Lipinski definition) is 4. The first-order valence-electron chi connectivity index (χ1n) is 9.86. The fourth-order valence-electron chi connectivity index (χ4n) is 3.18. The van der Waals surface area contributed by atoms with Crippen LogP contribution >= 0.6 is 0 Å². The average molecular weight is 427 g/mol. The van der Waals surface area contributed by atoms with Crippen molar-refractivity contribution < 1.29 is 18.3 Å². The number of hydrogen-bond donors (Lipinski definition) is 1. The molecule has 1 heterocycles. The topological polar surface area (TPSA) is 73.2 Å². The Labute approximate surface area is 178 Å². The van der Waals surface area contributed by atoms with Crippen LogP contribution in [0.15, 0.2) is 59.4 Å². The molecular formula is C23H23F2N3O3. The third-order valence-corrected chi connectivity index (χ3v) is 4.88. The summed E-state index contributed by atoms with van der Waals surface area (Å²) in [5.74, 6) is -1.53. The second kappa shape index (κ2) is 9.97. The van der Waals surface area contributed by atoms with E-state index in [-0.39, 0.29) is 30.5 Å². The zero-order chi connectivity index (χ0) is 22.4. The number of amides is 1. The number of carbonyl (C=O) groups is 1. The van der Waals surface area contributed by atoms with Gasteiger partial charge in [-0.1, -0.05) is 25.1 Å². The summed E-state index contributed by atoms with van der Waals surface area (Å²) in [7, 11) is 1.55. The minimum absolute atomic E-state index is 0.137. The van der Waals surface area contributed by atoms with Crippen LogP contribution in [-0.4, -0.2) is 28.8 Å². The number of methoxy groups -OCH3 is 1. The number of halogens is 2. The summed E-state index contributed by atoms with van der Waals surface area (Å²) in [6.07, 6.45) is 0.707. The first-order chi connectivity index (χ1) is 14.9. The molecule has 3 rings (SSSR count). The molecule has 0 aliphatic rings. The van der Waals surface area contributed by atoms with Crippen LogP contribution in [0.2, 0.25) is 0 Å². The highest BCUT2D eigenvalue weighted by Crippen LogP contribution is 2.19. The van der Waals surface area contributed by atoms with Gasteiger partial charge in [0.2, 0.25) is 5.91 Å². The van der Waals surface area contributed by atoms with Crippen molar-refractivity contribution >= 4 is 5.91 Å². The summed E-state index contributed by atoms with van der Waals surface area (Å²) in [5, 5.41) is 7.18. The lowest BCUT2D eigenvalue weighted by Crippen LogP contribution is -2.41. The summed E-state index contributed by atoms with van der Waals surface area (Å²) in [5.41, 5.74) is 1.08. The quantitative estimate of drug-likeness (QED) is 0.599. The molecule has 0 aliphatic carbocycles. The molecule has 0 bridgehead atoms. The van der Waals surface area contributed by atoms with Crippen LogP contribution in [-0.2, 0) is 17.8 Å². The summed E-state index contributed by atoms with van der Waals surface area (Å²) >= 11 is 0. The molecule has 0 spiro atoms. The monoisotopic (exact) mass is 427 g/mol. The summed E-state index contributed by atoms with van der Waals surface area (Å²) in [6.45, 7) is 2.03. The molecular weight excluding hydrogens is 404 g/mol. The van der Waals surface area contributed by atoms with Gasteiger partial charge in [0.1, 0.15) is 5.75 Å². The Balaban J connectivity index is 1.74. The molecule has 1 aromatic heterocycles. The maximum Gasteiger partial charge on any atom is 0.266 e. The van der Waals surface area contributed by atoms with E-state index in [0.717, 1.165) is 17.7 Å². The first kappa shape index (κ1) is 22.1. The second-order valence-electron chi connectivity index (χ2n) is 7.03. The lowest BCUT2D eigenvalue weighted by Gasteiger charge is -2.18. The largest absolute Gasteiger partial charge is 0.496 e. The predicted molar refractivity (Wildman–Crippen MR) is 113 cm³/mol. The van der Waals surface area contributed by atoms with Crippen LogP contribution in [0.1, 0.15) is 18.9 Å². The van der Waals surface area contributed by atoms with Gasteiger partial charge in [-0.3, -0.25) is 9.59 Å². The van der Waals surface area contributed by atoms with Gasteiger partial charge in [-0.25, -0.2) is 13.5 Å². The maximum absolute atomic E-state index is 13.6. The van der Waals surface area contributed by atoms with Crippen LogP contribution in [0.4, 0.5) is 8.78 Å². The normalized spacial score (nSPS) is 11.7. The van der Waals surface area contributed by atoms with Gasteiger partial charge in [-0.2, -0.15) is 5.10 Å². The van der Waals surface area contributed by atoms with E-state index in [0.29, 0.717) is 23.4 Å². The summed E-state index contributed by atoms with van der Waals surface area (Å²) in [4.78, 5) is 24.8. The van der Waals surface area contributed by atoms with Crippen molar-refractivity contribution in [3.05, 3.63) is 82.1 Å². The predicted octanol–water partition coefficient (Wildman–Crippen LogP) is 3.33. The van der Waals surface area contributed by atoms with E-state index in [2.05, 4.69) is 10.4 Å². The number of para-hydroxylation sites is 1. The summed E-state index contributed by atoms with van der Waals surface area (Å²) < 4.78 is 33.3. The number of nitrogens with one attached hydrogen (secondary N) is 1. The highest BCUT2D eigenvalue weighted by Gasteiger charge is 2.15. The molecule has 0 saturated heterocycles. The molecule has 1 amide bonds. The van der Waals surface area contributed by atoms with Gasteiger partial charge in [0.15, 0.2) is 11.6 Å². The lowest BCUT2D eigenvalue weighted by molar-refractivity contribution is -0.121. The number of ether oxygens (including phenoxy) is 1. The number of aromatic nitrogens is 2. The molecule has 3 aromatic rings. The third-order valence-electron chi connectivity index (χ3n) is 4.88. The van der Waals surface area contributed by atoms with Gasteiger partial charge in [-0.15, -0.1) is 0 Å². The van der Waals surface area contributed by atoms with E-state index < -0.39 is 11.6 Å². The minimum atomic E-state index is -0.993. The molecule has 8 heteroatoms. The Bertz CT molecular complexity index is 1130. The molecule has 2 aromatic carbocycles. The molecule has 1 N–H and O–H groups in total. The average Bonchev–Trinajstić information content (AvgIpc) is 2.77. The number of rotatable bonds is 8. The van der Waals surface area contributed by atoms with Crippen LogP contribution in [0.25, 0.3) is 11.3 Å². The van der Waals surface area contributed by atoms with Gasteiger partial charge in [0, 0.05) is 23.2 Å². The van der Waals surface area contributed by atoms with E-state index in [1.54, 1.807) is 13.2 Å². The maximum atomic E-state index is 13.6. The lowest BCUT2D eigenvalue weighted by atomic mass is 10.1. The van der Waals surface area contributed by atoms with Gasteiger partial charge < -0.3 is 10.1 Å². The fourth-order valence-corrected chi connectivity index (χ4v) is 3.18. The van der Waals surface area contributed by atoms with Crippen LogP contribution in [0.3, 0.4) is 0 Å². The molecule has 0 unspecified atom stereocenters. The molecule has 0 fully saturated rings. The number of carbonyl (C=O) groups excluding carboxylic acids is 1. The zero-order valence-corrected chi connectivity index (χ0v) is 17.3. The van der Waals surface area contributed by atoms with Crippen LogP contribution in [0.5, 0.6) is 5.75 Å². The molecule has 0 saturated carbocycles. The Morgan fingerprint density at radius 2 is 1.90 bits per heavy atom. The van der Waals surface area contributed by atoms with Crippen molar-refractivity contribution in [1.82, 2.24) is 15.1 Å². The zero-order valence-electron chi connectivity index (χ0n) is 17.3. The van der Waals surface area contributed by atoms with E-state index in [4.69, 9.17) is 4.74 Å². The van der Waals surface area contributed by atoms with E-state index in [9.17, 15) is 18.4 Å². The highest BCUT2D eigenvalue weighted by atomic mass is 19.2. The first-order valence-corrected chi connectivity index (χ1v) is 9.86. The smallest absolute Gasteiger partial charge is 0.266 e. The van der Waals surface area contributed by atoms with E-state index in [1.807, 2.05) is 25.1 Å². The molecule has 1 atom stereocenters. The number of benzene rings is 2. The molecule has 31 heavy (non-hydrogen) atoms. The van der Waals surface area contributed by atoms with E-state index in [1.165, 1.54) is 22.9 Å². The van der Waals surface area contributed by atoms with Gasteiger partial charge in [0.05, 0.1) is 25.8 Å². The van der Waals surface area contributed by atoms with Crippen molar-refractivity contribution in [2.45, 2.75) is 32.4 Å². The number of nitrogens with zero attached hydrogens (tertiary/aromatic N) is 2. The molecule has 6 nitrogen and oxygen atoms in total. The Morgan fingerprint density at radius 1 is 1.13 bits per heavy atom. The van der Waals surface area contributed by atoms with Crippen LogP contribution in [0, 0.1) is 11.6 Å². The van der Waals surface area contributed by atoms with Gasteiger partial charge in [-0.05, 0) is 36.8 Å². The minimum Gasteiger partial charge on any atom is -0.496 e. The van der Waals surface area contributed by atoms with Crippen molar-refractivity contribution in [3.8, 4) is 17.0 Å². The Morgan fingerprint density at radius 3 is 2.61 bits per heavy atom. The van der Waals surface area contributed by atoms with E-state index >= 15 is 0 Å². The van der Waals surface area contributed by atoms with Crippen LogP contribution < -0.4 is 15.6 Å². The molecule has 0 aliphatic heterocycles. The highest BCUT2D eigenvalue weighted by molar-refractivity contribution is 5.79. The standard InChI is InChI=1S/C23H23F2N3O3/c1-3-17(26-22(29)13-16-6-4-5-7-21(16)31-2)14-28-23(30)11-10-20(27-28)15-8-9-18(24)19(25)12-15/h4-12,17H,3,13-14H2,1-2H3,(H,26,29)/t17-/m0/s1. The SMILES string of the molecule is CC[C@@H](Cn1nc(-c2ccc(F)c(F)c2)ccc1=O)NC(=O)Cc1ccccc1OC. The van der Waals surface area contributed by atoms with Crippen molar-refractivity contribution in [3.63, 3.8) is 0 Å². The fraction of sp³-hybridized carbons (Fsp3) is 0.261. The Kier molecular flexibility index (Phi) is 7.12. The van der Waals surface area contributed by atoms with Gasteiger partial charge >= 0.3 is 0 Å². The summed E-state index contributed by atoms with van der Waals surface area (Å²) in [6, 6.07) is 13.1. The third kappa shape index (κ3) is 5.53. The Hall–Kier alpha value is -3.55. The molecule has 0 radical (unpaired) electrons. The molecule has 162 valence electrons. The van der Waals surface area contributed by atoms with Crippen molar-refractivity contribution in [2.24, 2.45) is 0 Å².